The first kappa shape index (κ1) is 17.4. The average molecular weight is 335 g/mol. The van der Waals surface area contributed by atoms with Gasteiger partial charge in [0.15, 0.2) is 0 Å². The van der Waals surface area contributed by atoms with Gasteiger partial charge >= 0.3 is 0 Å². The smallest absolute Gasteiger partial charge is 0.248 e. The molecule has 2 N–H and O–H groups in total. The van der Waals surface area contributed by atoms with E-state index in [0.717, 1.165) is 29.4 Å². The SMILES string of the molecule is CN(C)CCc1cn(C(=O)C(N)Cc2ccccc2)c2ccccc12. The van der Waals surface area contributed by atoms with Crippen LogP contribution in [0.3, 0.4) is 0 Å². The Morgan fingerprint density at radius 3 is 2.48 bits per heavy atom. The lowest BCUT2D eigenvalue weighted by molar-refractivity contribution is 0.0884. The predicted octanol–water partition coefficient (Wildman–Crippen LogP) is 2.96. The number of hydrogen-bond donors (Lipinski definition) is 1. The molecule has 0 spiro atoms. The summed E-state index contributed by atoms with van der Waals surface area (Å²) < 4.78 is 1.73. The Labute approximate surface area is 148 Å². The molecular formula is C21H25N3O. The summed E-state index contributed by atoms with van der Waals surface area (Å²) >= 11 is 0. The molecule has 0 fully saturated rings. The number of aromatic nitrogens is 1. The summed E-state index contributed by atoms with van der Waals surface area (Å²) in [6, 6.07) is 17.4. The van der Waals surface area contributed by atoms with E-state index in [1.165, 1.54) is 5.56 Å². The van der Waals surface area contributed by atoms with Crippen molar-refractivity contribution in [3.8, 4) is 0 Å². The Bertz CT molecular complexity index is 852. The van der Waals surface area contributed by atoms with Crippen LogP contribution in [0.5, 0.6) is 0 Å². The molecule has 130 valence electrons. The molecule has 0 saturated carbocycles. The molecular weight excluding hydrogens is 310 g/mol. The predicted molar refractivity (Wildman–Crippen MR) is 103 cm³/mol. The Hall–Kier alpha value is -2.43. The lowest BCUT2D eigenvalue weighted by Crippen LogP contribution is -2.36. The number of fused-ring (bicyclic) bond motifs is 1. The maximum Gasteiger partial charge on any atom is 0.248 e. The van der Waals surface area contributed by atoms with E-state index in [1.54, 1.807) is 4.57 Å². The van der Waals surface area contributed by atoms with Crippen LogP contribution in [0.2, 0.25) is 0 Å². The van der Waals surface area contributed by atoms with Gasteiger partial charge in [-0.15, -0.1) is 0 Å². The molecule has 3 rings (SSSR count). The Morgan fingerprint density at radius 2 is 1.76 bits per heavy atom. The number of para-hydroxylation sites is 1. The van der Waals surface area contributed by atoms with Crippen molar-refractivity contribution in [2.45, 2.75) is 18.9 Å². The van der Waals surface area contributed by atoms with Gasteiger partial charge in [0, 0.05) is 18.1 Å². The summed E-state index contributed by atoms with van der Waals surface area (Å²) in [6.07, 6.45) is 3.41. The minimum Gasteiger partial charge on any atom is -0.320 e. The lowest BCUT2D eigenvalue weighted by Gasteiger charge is -2.12. The number of nitrogens with zero attached hydrogens (tertiary/aromatic N) is 2. The van der Waals surface area contributed by atoms with E-state index in [1.807, 2.05) is 54.7 Å². The Morgan fingerprint density at radius 1 is 1.08 bits per heavy atom. The van der Waals surface area contributed by atoms with Gasteiger partial charge in [0.05, 0.1) is 11.6 Å². The minimum atomic E-state index is -0.556. The highest BCUT2D eigenvalue weighted by atomic mass is 16.2. The fraction of sp³-hybridized carbons (Fsp3) is 0.286. The van der Waals surface area contributed by atoms with E-state index in [4.69, 9.17) is 5.73 Å². The van der Waals surface area contributed by atoms with Gasteiger partial charge in [-0.25, -0.2) is 0 Å². The maximum absolute atomic E-state index is 12.9. The largest absolute Gasteiger partial charge is 0.320 e. The van der Waals surface area contributed by atoms with Gasteiger partial charge in [-0.2, -0.15) is 0 Å². The second kappa shape index (κ2) is 7.64. The standard InChI is InChI=1S/C21H25N3O/c1-23(2)13-12-17-15-24(20-11-7-6-10-18(17)20)21(25)19(22)14-16-8-4-3-5-9-16/h3-11,15,19H,12-14,22H2,1-2H3. The minimum absolute atomic E-state index is 0.0591. The molecule has 4 heteroatoms. The van der Waals surface area contributed by atoms with Crippen molar-refractivity contribution < 1.29 is 4.79 Å². The van der Waals surface area contributed by atoms with Gasteiger partial charge in [-0.1, -0.05) is 48.5 Å². The fourth-order valence-corrected chi connectivity index (χ4v) is 3.11. The molecule has 2 aromatic carbocycles. The van der Waals surface area contributed by atoms with Crippen molar-refractivity contribution in [3.63, 3.8) is 0 Å². The zero-order valence-electron chi connectivity index (χ0n) is 14.9. The number of rotatable bonds is 6. The van der Waals surface area contributed by atoms with E-state index in [2.05, 4.69) is 25.1 Å². The van der Waals surface area contributed by atoms with Crippen molar-refractivity contribution >= 4 is 16.8 Å². The van der Waals surface area contributed by atoms with Crippen LogP contribution in [0, 0.1) is 0 Å². The number of hydrogen-bond acceptors (Lipinski definition) is 3. The van der Waals surface area contributed by atoms with E-state index in [0.29, 0.717) is 6.42 Å². The van der Waals surface area contributed by atoms with E-state index in [9.17, 15) is 4.79 Å². The van der Waals surface area contributed by atoms with Gasteiger partial charge in [-0.05, 0) is 44.1 Å². The van der Waals surface area contributed by atoms with Crippen molar-refractivity contribution in [1.82, 2.24) is 9.47 Å². The summed E-state index contributed by atoms with van der Waals surface area (Å²) in [5, 5.41) is 1.13. The number of nitrogens with two attached hydrogens (primary N) is 1. The van der Waals surface area contributed by atoms with Gasteiger partial charge in [0.2, 0.25) is 5.91 Å². The summed E-state index contributed by atoms with van der Waals surface area (Å²) in [6.45, 7) is 0.943. The van der Waals surface area contributed by atoms with Crippen LogP contribution in [-0.2, 0) is 12.8 Å². The van der Waals surface area contributed by atoms with Crippen molar-refractivity contribution in [3.05, 3.63) is 71.9 Å². The van der Waals surface area contributed by atoms with Crippen LogP contribution in [0.15, 0.2) is 60.8 Å². The highest BCUT2D eigenvalue weighted by molar-refractivity contribution is 5.96. The summed E-state index contributed by atoms with van der Waals surface area (Å²) in [5.74, 6) is -0.0591. The third kappa shape index (κ3) is 3.98. The van der Waals surface area contributed by atoms with Gasteiger partial charge in [0.1, 0.15) is 0 Å². The van der Waals surface area contributed by atoms with Gasteiger partial charge in [-0.3, -0.25) is 9.36 Å². The second-order valence-electron chi connectivity index (χ2n) is 6.73. The van der Waals surface area contributed by atoms with Crippen molar-refractivity contribution in [2.24, 2.45) is 5.73 Å². The monoisotopic (exact) mass is 335 g/mol. The zero-order valence-corrected chi connectivity index (χ0v) is 14.9. The molecule has 0 bridgehead atoms. The molecule has 1 atom stereocenters. The van der Waals surface area contributed by atoms with Gasteiger partial charge in [0.25, 0.3) is 0 Å². The molecule has 0 saturated heterocycles. The van der Waals surface area contributed by atoms with Crippen LogP contribution in [0.25, 0.3) is 10.9 Å². The fourth-order valence-electron chi connectivity index (χ4n) is 3.11. The Kier molecular flexibility index (Phi) is 5.31. The zero-order chi connectivity index (χ0) is 17.8. The van der Waals surface area contributed by atoms with Crippen LogP contribution < -0.4 is 5.73 Å². The summed E-state index contributed by atoms with van der Waals surface area (Å²) in [4.78, 5) is 15.1. The van der Waals surface area contributed by atoms with E-state index in [-0.39, 0.29) is 5.91 Å². The van der Waals surface area contributed by atoms with Crippen LogP contribution in [-0.4, -0.2) is 42.1 Å². The Balaban J connectivity index is 1.88. The number of carbonyl (C=O) groups excluding carboxylic acids is 1. The highest BCUT2D eigenvalue weighted by Gasteiger charge is 2.19. The molecule has 0 aliphatic carbocycles. The van der Waals surface area contributed by atoms with Crippen molar-refractivity contribution in [1.29, 1.82) is 0 Å². The van der Waals surface area contributed by atoms with Crippen molar-refractivity contribution in [2.75, 3.05) is 20.6 Å². The first-order chi connectivity index (χ1) is 12.1. The highest BCUT2D eigenvalue weighted by Crippen LogP contribution is 2.22. The number of benzene rings is 2. The third-order valence-corrected chi connectivity index (χ3v) is 4.48. The molecule has 4 nitrogen and oxygen atoms in total. The van der Waals surface area contributed by atoms with E-state index < -0.39 is 6.04 Å². The molecule has 1 heterocycles. The average Bonchev–Trinajstić information content (AvgIpc) is 2.99. The first-order valence-electron chi connectivity index (χ1n) is 8.63. The van der Waals surface area contributed by atoms with Gasteiger partial charge < -0.3 is 10.6 Å². The van der Waals surface area contributed by atoms with E-state index >= 15 is 0 Å². The topological polar surface area (TPSA) is 51.3 Å². The normalized spacial score (nSPS) is 12.6. The number of carbonyl (C=O) groups is 1. The second-order valence-corrected chi connectivity index (χ2v) is 6.73. The van der Waals surface area contributed by atoms with Crippen LogP contribution >= 0.6 is 0 Å². The number of likely N-dealkylation sites (N-methyl/N-ethyl adjacent to an activating group) is 1. The molecule has 0 aliphatic heterocycles. The molecule has 0 amide bonds. The van der Waals surface area contributed by atoms with Crippen LogP contribution in [0.1, 0.15) is 15.9 Å². The molecule has 0 radical (unpaired) electrons. The molecule has 1 aromatic heterocycles. The summed E-state index contributed by atoms with van der Waals surface area (Å²) in [5.41, 5.74) is 9.42. The maximum atomic E-state index is 12.9. The third-order valence-electron chi connectivity index (χ3n) is 4.48. The molecule has 3 aromatic rings. The summed E-state index contributed by atoms with van der Waals surface area (Å²) in [7, 11) is 4.11. The first-order valence-corrected chi connectivity index (χ1v) is 8.63. The molecule has 25 heavy (non-hydrogen) atoms. The molecule has 1 unspecified atom stereocenters. The van der Waals surface area contributed by atoms with Crippen LogP contribution in [0.4, 0.5) is 0 Å². The quantitative estimate of drug-likeness (QED) is 0.753. The molecule has 0 aliphatic rings. The lowest BCUT2D eigenvalue weighted by atomic mass is 10.1.